The van der Waals surface area contributed by atoms with Gasteiger partial charge < -0.3 is 15.5 Å². The lowest BCUT2D eigenvalue weighted by atomic mass is 10.0. The number of carbonyl (C=O) groups is 2. The van der Waals surface area contributed by atoms with Gasteiger partial charge in [0.25, 0.3) is 0 Å². The van der Waals surface area contributed by atoms with Crippen molar-refractivity contribution in [3.63, 3.8) is 0 Å². The average Bonchev–Trinajstić information content (AvgIpc) is 2.54. The van der Waals surface area contributed by atoms with Crippen LogP contribution in [0.15, 0.2) is 30.3 Å². The minimum atomic E-state index is -4.47. The molecule has 0 radical (unpaired) electrons. The van der Waals surface area contributed by atoms with E-state index in [0.717, 1.165) is 18.5 Å². The van der Waals surface area contributed by atoms with Crippen molar-refractivity contribution in [1.29, 1.82) is 0 Å². The number of alkyl halides is 3. The van der Waals surface area contributed by atoms with Crippen LogP contribution in [-0.4, -0.2) is 48.6 Å². The predicted molar refractivity (Wildman–Crippen MR) is 83.3 cm³/mol. The van der Waals surface area contributed by atoms with Gasteiger partial charge in [0.1, 0.15) is 13.0 Å². The molecule has 0 aliphatic carbocycles. The molecular weight excluding hydrogens is 323 g/mol. The van der Waals surface area contributed by atoms with Crippen LogP contribution in [0, 0.1) is 0 Å². The summed E-state index contributed by atoms with van der Waals surface area (Å²) in [6.07, 6.45) is -3.57. The lowest BCUT2D eigenvalue weighted by Crippen LogP contribution is -2.44. The van der Waals surface area contributed by atoms with E-state index in [4.69, 9.17) is 0 Å². The Hall–Kier alpha value is -2.25. The molecule has 0 spiro atoms. The second-order valence-electron chi connectivity index (χ2n) is 5.73. The van der Waals surface area contributed by atoms with Gasteiger partial charge in [-0.3, -0.25) is 9.59 Å². The Labute approximate surface area is 138 Å². The van der Waals surface area contributed by atoms with E-state index >= 15 is 0 Å². The Morgan fingerprint density at radius 1 is 1.12 bits per heavy atom. The highest BCUT2D eigenvalue weighted by Gasteiger charge is 2.29. The van der Waals surface area contributed by atoms with Gasteiger partial charge in [0.2, 0.25) is 11.8 Å². The second-order valence-corrected chi connectivity index (χ2v) is 5.73. The maximum absolute atomic E-state index is 12.0. The Kier molecular flexibility index (Phi) is 6.05. The molecule has 0 atom stereocenters. The maximum Gasteiger partial charge on any atom is 0.405 e. The molecule has 0 bridgehead atoms. The van der Waals surface area contributed by atoms with E-state index in [1.807, 2.05) is 30.3 Å². The number of carbonyl (C=O) groups excluding carboxylic acids is 2. The van der Waals surface area contributed by atoms with Gasteiger partial charge >= 0.3 is 6.18 Å². The van der Waals surface area contributed by atoms with Crippen LogP contribution in [0.2, 0.25) is 0 Å². The van der Waals surface area contributed by atoms with E-state index in [1.165, 1.54) is 4.90 Å². The van der Waals surface area contributed by atoms with Gasteiger partial charge in [-0.2, -0.15) is 13.2 Å². The molecule has 0 aromatic heterocycles. The molecule has 1 aromatic rings. The monoisotopic (exact) mass is 343 g/mol. The number of piperidine rings is 1. The molecule has 1 saturated heterocycles. The zero-order valence-electron chi connectivity index (χ0n) is 13.1. The van der Waals surface area contributed by atoms with E-state index in [9.17, 15) is 22.8 Å². The molecule has 0 unspecified atom stereocenters. The third kappa shape index (κ3) is 6.10. The number of para-hydroxylation sites is 1. The number of benzene rings is 1. The molecule has 1 fully saturated rings. The molecule has 1 aliphatic heterocycles. The summed E-state index contributed by atoms with van der Waals surface area (Å²) in [5.41, 5.74) is 1.01. The van der Waals surface area contributed by atoms with Gasteiger partial charge in [-0.1, -0.05) is 18.2 Å². The van der Waals surface area contributed by atoms with Crippen molar-refractivity contribution < 1.29 is 22.8 Å². The Morgan fingerprint density at radius 3 is 2.33 bits per heavy atom. The van der Waals surface area contributed by atoms with Crippen LogP contribution in [0.1, 0.15) is 19.3 Å². The van der Waals surface area contributed by atoms with Crippen LogP contribution < -0.4 is 10.6 Å². The summed E-state index contributed by atoms with van der Waals surface area (Å²) in [6.45, 7) is -0.450. The van der Waals surface area contributed by atoms with Crippen molar-refractivity contribution in [2.24, 2.45) is 0 Å². The molecule has 5 nitrogen and oxygen atoms in total. The van der Waals surface area contributed by atoms with Crippen molar-refractivity contribution >= 4 is 17.5 Å². The number of hydrogen-bond donors (Lipinski definition) is 2. The first-order chi connectivity index (χ1) is 11.3. The van der Waals surface area contributed by atoms with Gasteiger partial charge in [-0.15, -0.1) is 0 Å². The van der Waals surface area contributed by atoms with Crippen LogP contribution in [0.25, 0.3) is 0 Å². The Bertz CT molecular complexity index is 555. The number of likely N-dealkylation sites (tertiary alicyclic amines) is 1. The first-order valence-corrected chi connectivity index (χ1v) is 7.76. The van der Waals surface area contributed by atoms with Crippen molar-refractivity contribution in [2.45, 2.75) is 31.5 Å². The van der Waals surface area contributed by atoms with Crippen LogP contribution in [0.3, 0.4) is 0 Å². The van der Waals surface area contributed by atoms with E-state index in [-0.39, 0.29) is 6.04 Å². The van der Waals surface area contributed by atoms with Crippen LogP contribution in [-0.2, 0) is 9.59 Å². The smallest absolute Gasteiger partial charge is 0.382 e. The fraction of sp³-hybridized carbons (Fsp3) is 0.500. The summed E-state index contributed by atoms with van der Waals surface area (Å²) in [6, 6.07) is 9.94. The van der Waals surface area contributed by atoms with Crippen LogP contribution >= 0.6 is 0 Å². The molecule has 2 amide bonds. The Balaban J connectivity index is 1.71. The highest BCUT2D eigenvalue weighted by atomic mass is 19.4. The molecule has 1 heterocycles. The third-order valence-corrected chi connectivity index (χ3v) is 3.79. The lowest BCUT2D eigenvalue weighted by Gasteiger charge is -2.32. The van der Waals surface area contributed by atoms with Crippen molar-refractivity contribution in [3.05, 3.63) is 30.3 Å². The minimum absolute atomic E-state index is 0.232. The molecule has 24 heavy (non-hydrogen) atoms. The normalized spacial score (nSPS) is 15.9. The number of rotatable bonds is 5. The summed E-state index contributed by atoms with van der Waals surface area (Å²) >= 11 is 0. The van der Waals surface area contributed by atoms with Crippen molar-refractivity contribution in [1.82, 2.24) is 10.2 Å². The Morgan fingerprint density at radius 2 is 1.75 bits per heavy atom. The van der Waals surface area contributed by atoms with Crippen LogP contribution in [0.5, 0.6) is 0 Å². The maximum atomic E-state index is 12.0. The number of anilines is 1. The van der Waals surface area contributed by atoms with E-state index < -0.39 is 31.0 Å². The molecule has 2 N–H and O–H groups in total. The van der Waals surface area contributed by atoms with Crippen LogP contribution in [0.4, 0.5) is 18.9 Å². The number of hydrogen-bond acceptors (Lipinski definition) is 3. The van der Waals surface area contributed by atoms with E-state index in [2.05, 4.69) is 5.32 Å². The van der Waals surface area contributed by atoms with Crippen molar-refractivity contribution in [2.75, 3.05) is 25.0 Å². The summed E-state index contributed by atoms with van der Waals surface area (Å²) in [7, 11) is 0. The lowest BCUT2D eigenvalue weighted by molar-refractivity contribution is -0.143. The summed E-state index contributed by atoms with van der Waals surface area (Å²) < 4.78 is 36.0. The molecule has 2 rings (SSSR count). The second kappa shape index (κ2) is 8.03. The SMILES string of the molecule is O=C(CC(=O)N1CCC(Nc2ccccc2)CC1)NCC(F)(F)F. The molecule has 1 aromatic carbocycles. The molecule has 0 saturated carbocycles. The average molecular weight is 343 g/mol. The summed E-state index contributed by atoms with van der Waals surface area (Å²) in [5, 5.41) is 5.09. The highest BCUT2D eigenvalue weighted by molar-refractivity contribution is 5.96. The molecule has 132 valence electrons. The number of halogens is 3. The standard InChI is InChI=1S/C16H20F3N3O2/c17-16(18,19)11-20-14(23)10-15(24)22-8-6-13(7-9-22)21-12-4-2-1-3-5-12/h1-5,13,21H,6-11H2,(H,20,23). The van der Waals surface area contributed by atoms with E-state index in [0.29, 0.717) is 13.1 Å². The quantitative estimate of drug-likeness (QED) is 0.806. The van der Waals surface area contributed by atoms with Gasteiger partial charge in [-0.25, -0.2) is 0 Å². The topological polar surface area (TPSA) is 61.4 Å². The van der Waals surface area contributed by atoms with E-state index in [1.54, 1.807) is 5.32 Å². The number of nitrogens with zero attached hydrogens (tertiary/aromatic N) is 1. The van der Waals surface area contributed by atoms with Gasteiger partial charge in [0.05, 0.1) is 0 Å². The molecular formula is C16H20F3N3O2. The fourth-order valence-electron chi connectivity index (χ4n) is 2.55. The van der Waals surface area contributed by atoms with Crippen molar-refractivity contribution in [3.8, 4) is 0 Å². The predicted octanol–water partition coefficient (Wildman–Crippen LogP) is 2.16. The number of nitrogens with one attached hydrogen (secondary N) is 2. The zero-order valence-corrected chi connectivity index (χ0v) is 13.1. The first kappa shape index (κ1) is 18.1. The molecule has 8 heteroatoms. The number of amides is 2. The fourth-order valence-corrected chi connectivity index (χ4v) is 2.55. The van der Waals surface area contributed by atoms with Gasteiger partial charge in [-0.05, 0) is 25.0 Å². The third-order valence-electron chi connectivity index (χ3n) is 3.79. The first-order valence-electron chi connectivity index (χ1n) is 7.76. The van der Waals surface area contributed by atoms with Gasteiger partial charge in [0.15, 0.2) is 0 Å². The summed E-state index contributed by atoms with van der Waals surface area (Å²) in [4.78, 5) is 24.9. The largest absolute Gasteiger partial charge is 0.405 e. The zero-order chi connectivity index (χ0) is 17.6. The highest BCUT2D eigenvalue weighted by Crippen LogP contribution is 2.17. The minimum Gasteiger partial charge on any atom is -0.382 e. The van der Waals surface area contributed by atoms with Gasteiger partial charge in [0, 0.05) is 24.8 Å². The molecule has 1 aliphatic rings. The summed E-state index contributed by atoms with van der Waals surface area (Å²) in [5.74, 6) is -1.34.